The molecule has 0 radical (unpaired) electrons. The van der Waals surface area contributed by atoms with E-state index < -0.39 is 0 Å². The van der Waals surface area contributed by atoms with E-state index in [2.05, 4.69) is 31.8 Å². The molecule has 0 aromatic carbocycles. The molecule has 0 saturated carbocycles. The van der Waals surface area contributed by atoms with Crippen LogP contribution in [0.5, 0.6) is 0 Å². The van der Waals surface area contributed by atoms with Gasteiger partial charge in [0.15, 0.2) is 0 Å². The van der Waals surface area contributed by atoms with Gasteiger partial charge in [0.25, 0.3) is 0 Å². The Morgan fingerprint density at radius 1 is 1.60 bits per heavy atom. The van der Waals surface area contributed by atoms with Gasteiger partial charge in [-0.15, -0.1) is 0 Å². The minimum atomic E-state index is 0. The Kier molecular flexibility index (Phi) is 14.8. The molecule has 4 heteroatoms. The van der Waals surface area contributed by atoms with E-state index in [0.29, 0.717) is 4.38 Å². The van der Waals surface area contributed by atoms with Gasteiger partial charge in [-0.1, -0.05) is 32.4 Å². The van der Waals surface area contributed by atoms with Gasteiger partial charge in [-0.05, 0) is 18.6 Å². The Bertz CT molecular complexity index is 95.6. The Balaban J connectivity index is -0.000000107. The number of hydrogen-bond acceptors (Lipinski definition) is 2. The monoisotopic (exact) mass is 206 g/mol. The minimum Gasteiger partial charge on any atom is -1.00 e. The van der Waals surface area contributed by atoms with Gasteiger partial charge in [-0.25, -0.2) is 0 Å². The number of thiocarbonyl (C=S) groups is 1. The first-order chi connectivity index (χ1) is 4.27. The summed E-state index contributed by atoms with van der Waals surface area (Å²) in [6, 6.07) is 0. The molecule has 0 aromatic heterocycles. The van der Waals surface area contributed by atoms with Gasteiger partial charge >= 0.3 is 37.7 Å². The van der Waals surface area contributed by atoms with Crippen molar-refractivity contribution in [2.45, 2.75) is 26.2 Å². The van der Waals surface area contributed by atoms with Gasteiger partial charge in [0.1, 0.15) is 0 Å². The van der Waals surface area contributed by atoms with Crippen LogP contribution in [0.3, 0.4) is 0 Å². The molecule has 0 aliphatic carbocycles. The molecule has 0 heterocycles. The van der Waals surface area contributed by atoms with Gasteiger partial charge in [-0.3, -0.25) is 0 Å². The molecule has 0 saturated heterocycles. The third-order valence-corrected chi connectivity index (χ3v) is 1.22. The zero-order chi connectivity index (χ0) is 7.11. The molecule has 0 aromatic rings. The summed E-state index contributed by atoms with van der Waals surface area (Å²) in [6.07, 6.45) is 3.50. The molecular formula is C6H14CaOS2. The normalized spacial score (nSPS) is 8.20. The molecule has 0 rings (SSSR count). The molecular weight excluding hydrogens is 192 g/mol. The maximum absolute atomic E-state index is 4.94. The van der Waals surface area contributed by atoms with E-state index in [1.54, 1.807) is 0 Å². The Labute approximate surface area is 106 Å². The second-order valence-corrected chi connectivity index (χ2v) is 2.90. The molecule has 0 unspecified atom stereocenters. The Morgan fingerprint density at radius 2 is 2.20 bits per heavy atom. The maximum Gasteiger partial charge on any atom is 2.00 e. The first kappa shape index (κ1) is 14.0. The predicted octanol–water partition coefficient (Wildman–Crippen LogP) is 2.25. The molecule has 0 fully saturated rings. The van der Waals surface area contributed by atoms with Crippen LogP contribution in [-0.4, -0.2) is 48.7 Å². The summed E-state index contributed by atoms with van der Waals surface area (Å²) in [5.74, 6) is 0. The fourth-order valence-electron chi connectivity index (χ4n) is 0.512. The number of unbranched alkanes of at least 4 members (excludes halogenated alkanes) is 2. The smallest absolute Gasteiger partial charge is 1.00 e. The summed E-state index contributed by atoms with van der Waals surface area (Å²) in [5.41, 5.74) is 0. The van der Waals surface area contributed by atoms with E-state index in [-0.39, 0.29) is 40.6 Å². The van der Waals surface area contributed by atoms with E-state index in [1.165, 1.54) is 12.8 Å². The van der Waals surface area contributed by atoms with Gasteiger partial charge in [0.2, 0.25) is 4.38 Å². The van der Waals surface area contributed by atoms with Crippen molar-refractivity contribution in [2.24, 2.45) is 0 Å². The van der Waals surface area contributed by atoms with Crippen LogP contribution in [0, 0.1) is 0 Å². The van der Waals surface area contributed by atoms with Crippen molar-refractivity contribution in [3.05, 3.63) is 0 Å². The number of ether oxygens (including phenoxy) is 1. The van der Waals surface area contributed by atoms with Crippen molar-refractivity contribution in [3.8, 4) is 0 Å². The van der Waals surface area contributed by atoms with Crippen LogP contribution in [-0.2, 0) is 4.74 Å². The van der Waals surface area contributed by atoms with Crippen molar-refractivity contribution in [1.82, 2.24) is 0 Å². The summed E-state index contributed by atoms with van der Waals surface area (Å²) < 4.78 is 5.29. The van der Waals surface area contributed by atoms with Gasteiger partial charge in [-0.2, -0.15) is 0 Å². The molecule has 0 atom stereocenters. The standard InChI is InChI=1S/C6H12OS2.Ca.2H/c1-2-3-4-5-7-6(8)9;;;/h2-5H2,1H3,(H,8,9);;;/q;+2;2*-1. The fourth-order valence-corrected chi connectivity index (χ4v) is 0.686. The van der Waals surface area contributed by atoms with Crippen molar-refractivity contribution in [1.29, 1.82) is 0 Å². The molecule has 0 aliphatic heterocycles. The SMILES string of the molecule is CCCCCOC(=S)S.[Ca+2].[H-].[H-]. The third-order valence-electron chi connectivity index (χ3n) is 0.973. The van der Waals surface area contributed by atoms with Gasteiger partial charge < -0.3 is 7.59 Å². The van der Waals surface area contributed by atoms with Crippen LogP contribution in [0.25, 0.3) is 0 Å². The summed E-state index contributed by atoms with van der Waals surface area (Å²) in [7, 11) is 0. The molecule has 58 valence electrons. The second kappa shape index (κ2) is 10.5. The average Bonchev–Trinajstić information content (AvgIpc) is 1.80. The second-order valence-electron chi connectivity index (χ2n) is 1.82. The van der Waals surface area contributed by atoms with E-state index in [0.717, 1.165) is 13.0 Å². The van der Waals surface area contributed by atoms with Crippen LogP contribution in [0.1, 0.15) is 29.0 Å². The summed E-state index contributed by atoms with van der Waals surface area (Å²) in [4.78, 5) is 0. The molecule has 0 N–H and O–H groups in total. The van der Waals surface area contributed by atoms with E-state index in [9.17, 15) is 0 Å². The van der Waals surface area contributed by atoms with Crippen molar-refractivity contribution in [2.75, 3.05) is 6.61 Å². The number of hydrogen-bond donors (Lipinski definition) is 1. The number of thiol groups is 1. The maximum atomic E-state index is 4.94. The molecule has 0 aliphatic rings. The van der Waals surface area contributed by atoms with Gasteiger partial charge in [0, 0.05) is 0 Å². The topological polar surface area (TPSA) is 9.23 Å². The zero-order valence-corrected chi connectivity index (χ0v) is 10.2. The van der Waals surface area contributed by atoms with E-state index in [4.69, 9.17) is 4.74 Å². The first-order valence-corrected chi connectivity index (χ1v) is 3.98. The fraction of sp³-hybridized carbons (Fsp3) is 0.833. The quantitative estimate of drug-likeness (QED) is 0.327. The summed E-state index contributed by atoms with van der Waals surface area (Å²) in [5, 5.41) is 0. The van der Waals surface area contributed by atoms with Gasteiger partial charge in [0.05, 0.1) is 6.61 Å². The summed E-state index contributed by atoms with van der Waals surface area (Å²) >= 11 is 8.40. The van der Waals surface area contributed by atoms with Crippen LogP contribution in [0.4, 0.5) is 0 Å². The van der Waals surface area contributed by atoms with Crippen molar-refractivity contribution < 1.29 is 7.59 Å². The van der Waals surface area contributed by atoms with Crippen LogP contribution in [0.15, 0.2) is 0 Å². The van der Waals surface area contributed by atoms with E-state index >= 15 is 0 Å². The molecule has 0 amide bonds. The minimum absolute atomic E-state index is 0. The third kappa shape index (κ3) is 12.2. The zero-order valence-electron chi connectivity index (χ0n) is 8.30. The molecule has 0 spiro atoms. The largest absolute Gasteiger partial charge is 2.00 e. The average molecular weight is 206 g/mol. The van der Waals surface area contributed by atoms with Crippen LogP contribution >= 0.6 is 24.8 Å². The molecule has 10 heavy (non-hydrogen) atoms. The van der Waals surface area contributed by atoms with Crippen LogP contribution in [0.2, 0.25) is 0 Å². The summed E-state index contributed by atoms with van der Waals surface area (Å²) in [6.45, 7) is 2.87. The number of rotatable bonds is 4. The Hall–Kier alpha value is 1.50. The first-order valence-electron chi connectivity index (χ1n) is 3.13. The Morgan fingerprint density at radius 3 is 2.60 bits per heavy atom. The molecule has 1 nitrogen and oxygen atoms in total. The van der Waals surface area contributed by atoms with Crippen molar-refractivity contribution in [3.63, 3.8) is 0 Å². The van der Waals surface area contributed by atoms with Crippen molar-refractivity contribution >= 4 is 67.0 Å². The molecule has 0 bridgehead atoms. The van der Waals surface area contributed by atoms with Crippen LogP contribution < -0.4 is 0 Å². The van der Waals surface area contributed by atoms with E-state index in [1.807, 2.05) is 0 Å². The predicted molar refractivity (Wildman–Crippen MR) is 55.0 cm³/mol.